The van der Waals surface area contributed by atoms with Crippen LogP contribution in [0.25, 0.3) is 11.3 Å². The van der Waals surface area contributed by atoms with Crippen molar-refractivity contribution in [2.24, 2.45) is 0 Å². The van der Waals surface area contributed by atoms with Crippen molar-refractivity contribution in [2.45, 2.75) is 6.92 Å². The van der Waals surface area contributed by atoms with Gasteiger partial charge in [0.2, 0.25) is 0 Å². The van der Waals surface area contributed by atoms with Crippen molar-refractivity contribution in [3.05, 3.63) is 73.1 Å². The summed E-state index contributed by atoms with van der Waals surface area (Å²) in [6.07, 6.45) is 9.69. The van der Waals surface area contributed by atoms with Crippen molar-refractivity contribution < 1.29 is 0 Å². The molecule has 0 atom stereocenters. The molecule has 0 spiro atoms. The number of hydrogen-bond acceptors (Lipinski definition) is 2. The average molecular weight is 250 g/mol. The predicted molar refractivity (Wildman–Crippen MR) is 75.1 cm³/mol. The predicted octanol–water partition coefficient (Wildman–Crippen LogP) is 2.98. The van der Waals surface area contributed by atoms with Crippen molar-refractivity contribution in [1.82, 2.24) is 18.8 Å². The highest BCUT2D eigenvalue weighted by Crippen LogP contribution is 2.01. The van der Waals surface area contributed by atoms with E-state index in [4.69, 9.17) is 0 Å². The fourth-order valence-electron chi connectivity index (χ4n) is 1.93. The number of rotatable bonds is 0. The average Bonchev–Trinajstić information content (AvgIpc) is 3.03. The summed E-state index contributed by atoms with van der Waals surface area (Å²) in [7, 11) is 0. The first-order valence-corrected chi connectivity index (χ1v) is 6.11. The molecule has 0 unspecified atom stereocenters. The van der Waals surface area contributed by atoms with Gasteiger partial charge in [0, 0.05) is 31.0 Å². The van der Waals surface area contributed by atoms with E-state index < -0.39 is 0 Å². The van der Waals surface area contributed by atoms with Crippen molar-refractivity contribution >= 4 is 11.3 Å². The van der Waals surface area contributed by atoms with Gasteiger partial charge >= 0.3 is 0 Å². The van der Waals surface area contributed by atoms with Crippen LogP contribution in [0.3, 0.4) is 0 Å². The molecule has 0 bridgehead atoms. The minimum atomic E-state index is 0.998. The van der Waals surface area contributed by atoms with Gasteiger partial charge in [0.15, 0.2) is 0 Å². The third-order valence-corrected chi connectivity index (χ3v) is 2.79. The lowest BCUT2D eigenvalue weighted by Gasteiger charge is -1.86. The van der Waals surface area contributed by atoms with Crippen LogP contribution < -0.4 is 0 Å². The zero-order chi connectivity index (χ0) is 13.1. The number of fused-ring (bicyclic) bond motifs is 2. The van der Waals surface area contributed by atoms with Gasteiger partial charge in [0.1, 0.15) is 11.3 Å². The second kappa shape index (κ2) is 4.94. The van der Waals surface area contributed by atoms with E-state index in [1.807, 2.05) is 76.9 Å². The summed E-state index contributed by atoms with van der Waals surface area (Å²) in [5.74, 6) is 0. The van der Waals surface area contributed by atoms with Crippen LogP contribution in [0, 0.1) is 6.92 Å². The molecule has 0 aliphatic rings. The van der Waals surface area contributed by atoms with E-state index in [-0.39, 0.29) is 0 Å². The Hall–Kier alpha value is -2.62. The molecule has 0 radical (unpaired) electrons. The molecule has 19 heavy (non-hydrogen) atoms. The SMILES string of the molecule is Cc1cn2ccccc2n1.c1ccn2ccnc2c1. The second-order valence-corrected chi connectivity index (χ2v) is 4.24. The van der Waals surface area contributed by atoms with Crippen LogP contribution >= 0.6 is 0 Å². The van der Waals surface area contributed by atoms with Gasteiger partial charge in [-0.25, -0.2) is 9.97 Å². The third-order valence-electron chi connectivity index (χ3n) is 2.79. The molecule has 4 heterocycles. The molecule has 0 N–H and O–H groups in total. The van der Waals surface area contributed by atoms with Gasteiger partial charge in [0.05, 0.1) is 5.69 Å². The van der Waals surface area contributed by atoms with Crippen LogP contribution in [-0.2, 0) is 0 Å². The molecule has 0 aliphatic carbocycles. The van der Waals surface area contributed by atoms with E-state index in [1.165, 1.54) is 0 Å². The highest BCUT2D eigenvalue weighted by Gasteiger charge is 1.92. The van der Waals surface area contributed by atoms with Gasteiger partial charge in [-0.3, -0.25) is 0 Å². The van der Waals surface area contributed by atoms with Crippen LogP contribution in [-0.4, -0.2) is 18.8 Å². The Balaban J connectivity index is 0.000000117. The Morgan fingerprint density at radius 2 is 1.58 bits per heavy atom. The maximum atomic E-state index is 4.28. The molecule has 4 aromatic rings. The first-order valence-electron chi connectivity index (χ1n) is 6.11. The smallest absolute Gasteiger partial charge is 0.136 e. The van der Waals surface area contributed by atoms with Gasteiger partial charge in [-0.2, -0.15) is 0 Å². The molecule has 4 nitrogen and oxygen atoms in total. The van der Waals surface area contributed by atoms with E-state index >= 15 is 0 Å². The van der Waals surface area contributed by atoms with Gasteiger partial charge in [-0.05, 0) is 31.2 Å². The third kappa shape index (κ3) is 2.47. The topological polar surface area (TPSA) is 34.6 Å². The van der Waals surface area contributed by atoms with Crippen LogP contribution in [0.5, 0.6) is 0 Å². The second-order valence-electron chi connectivity index (χ2n) is 4.24. The van der Waals surface area contributed by atoms with Crippen LogP contribution in [0.4, 0.5) is 0 Å². The zero-order valence-corrected chi connectivity index (χ0v) is 10.6. The monoisotopic (exact) mass is 250 g/mol. The molecule has 0 saturated carbocycles. The van der Waals surface area contributed by atoms with Crippen molar-refractivity contribution in [3.63, 3.8) is 0 Å². The van der Waals surface area contributed by atoms with Gasteiger partial charge < -0.3 is 8.80 Å². The standard InChI is InChI=1S/C8H8N2.C7H6N2/c1-7-6-10-5-3-2-4-8(10)9-7;1-2-5-9-6-4-8-7(9)3-1/h2-6H,1H3;1-6H. The fraction of sp³-hybridized carbons (Fsp3) is 0.0667. The van der Waals surface area contributed by atoms with Gasteiger partial charge in [-0.15, -0.1) is 0 Å². The molecule has 0 amide bonds. The molecular weight excluding hydrogens is 236 g/mol. The number of aryl methyl sites for hydroxylation is 1. The summed E-state index contributed by atoms with van der Waals surface area (Å²) >= 11 is 0. The van der Waals surface area contributed by atoms with E-state index in [1.54, 1.807) is 6.20 Å². The number of nitrogens with zero attached hydrogens (tertiary/aromatic N) is 4. The maximum absolute atomic E-state index is 4.28. The van der Waals surface area contributed by atoms with E-state index in [2.05, 4.69) is 9.97 Å². The lowest BCUT2D eigenvalue weighted by Crippen LogP contribution is -1.77. The summed E-state index contributed by atoms with van der Waals surface area (Å²) in [6, 6.07) is 11.9. The maximum Gasteiger partial charge on any atom is 0.136 e. The minimum Gasteiger partial charge on any atom is -0.307 e. The molecule has 0 saturated heterocycles. The largest absolute Gasteiger partial charge is 0.307 e. The molecule has 0 fully saturated rings. The van der Waals surface area contributed by atoms with Gasteiger partial charge in [0.25, 0.3) is 0 Å². The Labute approximate surface area is 111 Å². The fourth-order valence-corrected chi connectivity index (χ4v) is 1.93. The Morgan fingerprint density at radius 3 is 2.32 bits per heavy atom. The Morgan fingerprint density at radius 1 is 0.842 bits per heavy atom. The molecule has 4 aromatic heterocycles. The summed E-state index contributed by atoms with van der Waals surface area (Å²) in [6.45, 7) is 1.99. The molecule has 4 rings (SSSR count). The van der Waals surface area contributed by atoms with E-state index in [9.17, 15) is 0 Å². The minimum absolute atomic E-state index is 0.998. The van der Waals surface area contributed by atoms with Crippen molar-refractivity contribution in [2.75, 3.05) is 0 Å². The van der Waals surface area contributed by atoms with Gasteiger partial charge in [-0.1, -0.05) is 12.1 Å². The van der Waals surface area contributed by atoms with Crippen molar-refractivity contribution in [1.29, 1.82) is 0 Å². The normalized spacial score (nSPS) is 10.4. The number of aromatic nitrogens is 4. The Bertz CT molecular complexity index is 735. The molecule has 0 aliphatic heterocycles. The molecule has 94 valence electrons. The molecule has 0 aromatic carbocycles. The summed E-state index contributed by atoms with van der Waals surface area (Å²) in [5, 5.41) is 0. The number of hydrogen-bond donors (Lipinski definition) is 0. The lowest BCUT2D eigenvalue weighted by molar-refractivity contribution is 1.18. The molecular formula is C15H14N4. The zero-order valence-electron chi connectivity index (χ0n) is 10.6. The molecule has 4 heteroatoms. The first kappa shape index (κ1) is 11.5. The van der Waals surface area contributed by atoms with Crippen molar-refractivity contribution in [3.8, 4) is 0 Å². The van der Waals surface area contributed by atoms with Crippen LogP contribution in [0.1, 0.15) is 5.69 Å². The summed E-state index contributed by atoms with van der Waals surface area (Å²) < 4.78 is 3.98. The quantitative estimate of drug-likeness (QED) is 0.481. The van der Waals surface area contributed by atoms with E-state index in [0.717, 1.165) is 17.0 Å². The van der Waals surface area contributed by atoms with Crippen LogP contribution in [0.15, 0.2) is 67.4 Å². The van der Waals surface area contributed by atoms with Crippen LogP contribution in [0.2, 0.25) is 0 Å². The highest BCUT2D eigenvalue weighted by atomic mass is 15.0. The Kier molecular flexibility index (Phi) is 2.98. The number of pyridine rings is 2. The summed E-state index contributed by atoms with van der Waals surface area (Å²) in [4.78, 5) is 8.36. The lowest BCUT2D eigenvalue weighted by atomic mass is 10.5. The first-order chi connectivity index (χ1) is 9.33. The number of imidazole rings is 2. The highest BCUT2D eigenvalue weighted by molar-refractivity contribution is 5.39. The van der Waals surface area contributed by atoms with E-state index in [0.29, 0.717) is 0 Å². The summed E-state index contributed by atoms with van der Waals surface area (Å²) in [5.41, 5.74) is 3.07.